The molecule has 0 aliphatic carbocycles. The maximum atomic E-state index is 10.6. The number of carbonyl (C=O) groups is 1. The Hall–Kier alpha value is -1.26. The summed E-state index contributed by atoms with van der Waals surface area (Å²) in [6.45, 7) is 0. The fourth-order valence-electron chi connectivity index (χ4n) is 1.38. The Morgan fingerprint density at radius 1 is 1.62 bits per heavy atom. The molecule has 1 aromatic carbocycles. The van der Waals surface area contributed by atoms with Crippen LogP contribution < -0.4 is 10.5 Å². The van der Waals surface area contributed by atoms with Crippen molar-refractivity contribution in [2.45, 2.75) is 18.9 Å². The summed E-state index contributed by atoms with van der Waals surface area (Å²) >= 11 is 5.85. The summed E-state index contributed by atoms with van der Waals surface area (Å²) in [6, 6.07) is 4.38. The number of carboxylic acids is 1. The average Bonchev–Trinajstić information content (AvgIpc) is 2.25. The van der Waals surface area contributed by atoms with Gasteiger partial charge in [0.15, 0.2) is 0 Å². The Morgan fingerprint density at radius 3 is 2.88 bits per heavy atom. The van der Waals surface area contributed by atoms with Crippen molar-refractivity contribution in [1.82, 2.24) is 0 Å². The number of halogens is 1. The van der Waals surface area contributed by atoms with Crippen LogP contribution in [0.5, 0.6) is 5.75 Å². The van der Waals surface area contributed by atoms with Gasteiger partial charge < -0.3 is 15.6 Å². The maximum Gasteiger partial charge on any atom is 0.320 e. The van der Waals surface area contributed by atoms with E-state index in [9.17, 15) is 4.79 Å². The van der Waals surface area contributed by atoms with Gasteiger partial charge in [0.2, 0.25) is 0 Å². The summed E-state index contributed by atoms with van der Waals surface area (Å²) in [4.78, 5) is 10.6. The lowest BCUT2D eigenvalue weighted by atomic mass is 10.0. The molecule has 1 aromatic rings. The third-order valence-corrected chi connectivity index (χ3v) is 2.52. The zero-order chi connectivity index (χ0) is 12.1. The van der Waals surface area contributed by atoms with Crippen LogP contribution in [0.15, 0.2) is 18.2 Å². The third-order valence-electron chi connectivity index (χ3n) is 2.28. The van der Waals surface area contributed by atoms with Crippen molar-refractivity contribution >= 4 is 17.6 Å². The number of benzene rings is 1. The number of nitrogens with two attached hydrogens (primary N) is 1. The molecule has 88 valence electrons. The van der Waals surface area contributed by atoms with Gasteiger partial charge in [0.1, 0.15) is 11.8 Å². The van der Waals surface area contributed by atoms with Gasteiger partial charge in [-0.15, -0.1) is 0 Å². The first kappa shape index (κ1) is 12.8. The smallest absolute Gasteiger partial charge is 0.320 e. The molecule has 0 saturated heterocycles. The van der Waals surface area contributed by atoms with Gasteiger partial charge in [0, 0.05) is 5.02 Å². The SMILES string of the molecule is COc1ccc(Cl)cc1CCC(N)C(=O)O. The topological polar surface area (TPSA) is 72.5 Å². The van der Waals surface area contributed by atoms with Crippen LogP contribution in [-0.2, 0) is 11.2 Å². The number of hydrogen-bond donors (Lipinski definition) is 2. The first-order valence-corrected chi connectivity index (χ1v) is 5.23. The maximum absolute atomic E-state index is 10.6. The van der Waals surface area contributed by atoms with Crippen LogP contribution in [0.25, 0.3) is 0 Å². The quantitative estimate of drug-likeness (QED) is 0.826. The minimum Gasteiger partial charge on any atom is -0.496 e. The van der Waals surface area contributed by atoms with Crippen LogP contribution in [0.4, 0.5) is 0 Å². The van der Waals surface area contributed by atoms with E-state index in [0.717, 1.165) is 5.56 Å². The Labute approximate surface area is 99.0 Å². The van der Waals surface area contributed by atoms with E-state index in [1.54, 1.807) is 25.3 Å². The molecule has 4 nitrogen and oxygen atoms in total. The van der Waals surface area contributed by atoms with Gasteiger partial charge in [-0.05, 0) is 36.6 Å². The first-order valence-electron chi connectivity index (χ1n) is 4.85. The van der Waals surface area contributed by atoms with Gasteiger partial charge in [-0.3, -0.25) is 4.79 Å². The van der Waals surface area contributed by atoms with Gasteiger partial charge in [-0.1, -0.05) is 11.6 Å². The van der Waals surface area contributed by atoms with Crippen molar-refractivity contribution in [3.8, 4) is 5.75 Å². The molecule has 0 bridgehead atoms. The highest BCUT2D eigenvalue weighted by Gasteiger charge is 2.12. The van der Waals surface area contributed by atoms with Crippen molar-refractivity contribution < 1.29 is 14.6 Å². The number of methoxy groups -OCH3 is 1. The lowest BCUT2D eigenvalue weighted by molar-refractivity contribution is -0.138. The zero-order valence-electron chi connectivity index (χ0n) is 8.94. The fourth-order valence-corrected chi connectivity index (χ4v) is 1.57. The zero-order valence-corrected chi connectivity index (χ0v) is 9.70. The molecule has 0 saturated carbocycles. The average molecular weight is 244 g/mol. The summed E-state index contributed by atoms with van der Waals surface area (Å²) in [5.41, 5.74) is 6.29. The van der Waals surface area contributed by atoms with Crippen LogP contribution in [0, 0.1) is 0 Å². The highest BCUT2D eigenvalue weighted by molar-refractivity contribution is 6.30. The molecular weight excluding hydrogens is 230 g/mol. The molecule has 5 heteroatoms. The van der Waals surface area contributed by atoms with Crippen LogP contribution in [0.1, 0.15) is 12.0 Å². The summed E-state index contributed by atoms with van der Waals surface area (Å²) in [7, 11) is 1.56. The van der Waals surface area contributed by atoms with Gasteiger partial charge in [0.05, 0.1) is 7.11 Å². The van der Waals surface area contributed by atoms with Crippen molar-refractivity contribution in [1.29, 1.82) is 0 Å². The lowest BCUT2D eigenvalue weighted by Crippen LogP contribution is -2.30. The van der Waals surface area contributed by atoms with E-state index in [4.69, 9.17) is 27.2 Å². The van der Waals surface area contributed by atoms with Crippen molar-refractivity contribution in [2.24, 2.45) is 5.73 Å². The second-order valence-corrected chi connectivity index (χ2v) is 3.88. The first-order chi connectivity index (χ1) is 7.54. The second-order valence-electron chi connectivity index (χ2n) is 3.44. The molecule has 1 atom stereocenters. The van der Waals surface area contributed by atoms with Crippen molar-refractivity contribution in [3.63, 3.8) is 0 Å². The summed E-state index contributed by atoms with van der Waals surface area (Å²) in [5, 5.41) is 9.26. The fraction of sp³-hybridized carbons (Fsp3) is 0.364. The molecule has 1 rings (SSSR count). The van der Waals surface area contributed by atoms with E-state index in [1.807, 2.05) is 0 Å². The molecule has 0 aromatic heterocycles. The van der Waals surface area contributed by atoms with Crippen LogP contribution in [0.2, 0.25) is 5.02 Å². The summed E-state index contributed by atoms with van der Waals surface area (Å²) < 4.78 is 5.15. The van der Waals surface area contributed by atoms with Gasteiger partial charge >= 0.3 is 5.97 Å². The highest BCUT2D eigenvalue weighted by Crippen LogP contribution is 2.24. The normalized spacial score (nSPS) is 12.2. The van der Waals surface area contributed by atoms with Gasteiger partial charge in [-0.2, -0.15) is 0 Å². The number of aryl methyl sites for hydroxylation is 1. The second kappa shape index (κ2) is 5.72. The summed E-state index contributed by atoms with van der Waals surface area (Å²) in [5.74, 6) is -0.303. The molecule has 0 aliphatic rings. The van der Waals surface area contributed by atoms with E-state index < -0.39 is 12.0 Å². The Morgan fingerprint density at radius 2 is 2.31 bits per heavy atom. The standard InChI is InChI=1S/C11H14ClNO3/c1-16-10-5-3-8(12)6-7(10)2-4-9(13)11(14)15/h3,5-6,9H,2,4,13H2,1H3,(H,14,15). The summed E-state index contributed by atoms with van der Waals surface area (Å²) in [6.07, 6.45) is 0.878. The van der Waals surface area contributed by atoms with E-state index in [0.29, 0.717) is 23.6 Å². The third kappa shape index (κ3) is 3.40. The molecule has 0 amide bonds. The monoisotopic (exact) mass is 243 g/mol. The van der Waals surface area contributed by atoms with Gasteiger partial charge in [-0.25, -0.2) is 0 Å². The Balaban J connectivity index is 2.72. The predicted octanol–water partition coefficient (Wildman–Crippen LogP) is 1.69. The van der Waals surface area contributed by atoms with Crippen molar-refractivity contribution in [3.05, 3.63) is 28.8 Å². The van der Waals surface area contributed by atoms with E-state index >= 15 is 0 Å². The molecule has 0 heterocycles. The molecule has 0 spiro atoms. The van der Waals surface area contributed by atoms with E-state index in [-0.39, 0.29) is 0 Å². The Bertz CT molecular complexity index is 381. The molecule has 16 heavy (non-hydrogen) atoms. The molecule has 0 fully saturated rings. The number of aliphatic carboxylic acids is 1. The van der Waals surface area contributed by atoms with E-state index in [1.165, 1.54) is 0 Å². The van der Waals surface area contributed by atoms with Crippen molar-refractivity contribution in [2.75, 3.05) is 7.11 Å². The van der Waals surface area contributed by atoms with Crippen LogP contribution in [-0.4, -0.2) is 24.2 Å². The molecule has 0 aliphatic heterocycles. The number of hydrogen-bond acceptors (Lipinski definition) is 3. The largest absolute Gasteiger partial charge is 0.496 e. The molecule has 1 unspecified atom stereocenters. The molecular formula is C11H14ClNO3. The van der Waals surface area contributed by atoms with E-state index in [2.05, 4.69) is 0 Å². The molecule has 3 N–H and O–H groups in total. The minimum absolute atomic E-state index is 0.353. The van der Waals surface area contributed by atoms with Crippen LogP contribution >= 0.6 is 11.6 Å². The predicted molar refractivity (Wildman–Crippen MR) is 61.9 cm³/mol. The number of rotatable bonds is 5. The number of ether oxygens (including phenoxy) is 1. The van der Waals surface area contributed by atoms with Crippen LogP contribution in [0.3, 0.4) is 0 Å². The minimum atomic E-state index is -0.999. The van der Waals surface area contributed by atoms with Gasteiger partial charge in [0.25, 0.3) is 0 Å². The highest BCUT2D eigenvalue weighted by atomic mass is 35.5. The Kier molecular flexibility index (Phi) is 4.58. The molecule has 0 radical (unpaired) electrons. The number of carboxylic acid groups (broad SMARTS) is 1. The lowest BCUT2D eigenvalue weighted by Gasteiger charge is -2.10.